The van der Waals surface area contributed by atoms with E-state index in [1.807, 2.05) is 0 Å². The van der Waals surface area contributed by atoms with Crippen LogP contribution in [0.5, 0.6) is 0 Å². The highest BCUT2D eigenvalue weighted by molar-refractivity contribution is 6.08. The van der Waals surface area contributed by atoms with Gasteiger partial charge >= 0.3 is 12.2 Å². The average molecular weight is 208 g/mol. The number of imide groups is 1. The highest BCUT2D eigenvalue weighted by atomic mass is 16.6. The summed E-state index contributed by atoms with van der Waals surface area (Å²) >= 11 is 0. The van der Waals surface area contributed by atoms with Gasteiger partial charge in [-0.1, -0.05) is 12.1 Å². The van der Waals surface area contributed by atoms with Crippen LogP contribution in [-0.4, -0.2) is 23.9 Å². The normalized spacial score (nSPS) is 9.40. The van der Waals surface area contributed by atoms with E-state index >= 15 is 0 Å². The van der Waals surface area contributed by atoms with Gasteiger partial charge in [0.05, 0.1) is 12.3 Å². The van der Waals surface area contributed by atoms with Crippen LogP contribution < -0.4 is 4.90 Å². The number of carbonyl (C=O) groups is 2. The van der Waals surface area contributed by atoms with E-state index in [-0.39, 0.29) is 12.3 Å². The van der Waals surface area contributed by atoms with Gasteiger partial charge in [-0.05, 0) is 25.1 Å². The molecule has 5 nitrogen and oxygen atoms in total. The molecule has 0 aliphatic rings. The van der Waals surface area contributed by atoms with Crippen LogP contribution in [-0.2, 0) is 4.74 Å². The molecule has 0 bridgehead atoms. The molecule has 1 aromatic carbocycles. The van der Waals surface area contributed by atoms with Crippen molar-refractivity contribution in [1.29, 1.82) is 0 Å². The molecule has 0 aromatic heterocycles. The molecule has 79 valence electrons. The zero-order valence-electron chi connectivity index (χ0n) is 8.14. The van der Waals surface area contributed by atoms with Gasteiger partial charge < -0.3 is 9.84 Å². The maximum atomic E-state index is 11.3. The summed E-state index contributed by atoms with van der Waals surface area (Å²) in [5, 5.41) is 8.84. The Hall–Kier alpha value is -2.04. The number of benzene rings is 1. The number of hydrogen-bond donors (Lipinski definition) is 1. The molecule has 1 radical (unpaired) electrons. The lowest BCUT2D eigenvalue weighted by Gasteiger charge is -2.15. The van der Waals surface area contributed by atoms with Crippen LogP contribution >= 0.6 is 0 Å². The maximum absolute atomic E-state index is 11.3. The van der Waals surface area contributed by atoms with Gasteiger partial charge in [-0.3, -0.25) is 0 Å². The highest BCUT2D eigenvalue weighted by Gasteiger charge is 2.23. The average Bonchev–Trinajstić information content (AvgIpc) is 2.19. The molecule has 5 heteroatoms. The highest BCUT2D eigenvalue weighted by Crippen LogP contribution is 2.14. The first-order valence-electron chi connectivity index (χ1n) is 4.32. The van der Waals surface area contributed by atoms with Gasteiger partial charge in [0.15, 0.2) is 0 Å². The van der Waals surface area contributed by atoms with Crippen LogP contribution in [0.15, 0.2) is 24.3 Å². The number of anilines is 1. The molecule has 0 aliphatic heterocycles. The van der Waals surface area contributed by atoms with Crippen LogP contribution in [0.3, 0.4) is 0 Å². The number of carboxylic acid groups (broad SMARTS) is 1. The van der Waals surface area contributed by atoms with Crippen molar-refractivity contribution in [1.82, 2.24) is 0 Å². The fourth-order valence-corrected chi connectivity index (χ4v) is 1.01. The molecule has 0 aliphatic carbocycles. The fourth-order valence-electron chi connectivity index (χ4n) is 1.01. The van der Waals surface area contributed by atoms with E-state index in [4.69, 9.17) is 5.11 Å². The molecule has 1 rings (SSSR count). The first-order chi connectivity index (χ1) is 7.16. The molecule has 0 saturated carbocycles. The topological polar surface area (TPSA) is 66.8 Å². The Morgan fingerprint density at radius 1 is 1.47 bits per heavy atom. The second-order valence-electron chi connectivity index (χ2n) is 2.58. The Kier molecular flexibility index (Phi) is 3.68. The van der Waals surface area contributed by atoms with Crippen molar-refractivity contribution in [2.24, 2.45) is 0 Å². The lowest BCUT2D eigenvalue weighted by molar-refractivity contribution is 0.154. The summed E-state index contributed by atoms with van der Waals surface area (Å²) in [4.78, 5) is 22.7. The van der Waals surface area contributed by atoms with Gasteiger partial charge in [0, 0.05) is 0 Å². The number of nitrogens with zero attached hydrogens (tertiary/aromatic N) is 1. The quantitative estimate of drug-likeness (QED) is 0.808. The third kappa shape index (κ3) is 2.70. The maximum Gasteiger partial charge on any atom is 0.423 e. The summed E-state index contributed by atoms with van der Waals surface area (Å²) in [6, 6.07) is 8.69. The number of rotatable bonds is 2. The first kappa shape index (κ1) is 11.0. The van der Waals surface area contributed by atoms with Crippen LogP contribution in [0.25, 0.3) is 0 Å². The SMILES string of the molecule is CCOC(=O)N(C(=O)O)c1cc[c]cc1. The summed E-state index contributed by atoms with van der Waals surface area (Å²) in [5.74, 6) is 0. The van der Waals surface area contributed by atoms with Crippen LogP contribution in [0.4, 0.5) is 15.3 Å². The minimum Gasteiger partial charge on any atom is -0.464 e. The molecule has 0 atom stereocenters. The third-order valence-corrected chi connectivity index (χ3v) is 1.60. The van der Waals surface area contributed by atoms with Crippen molar-refractivity contribution in [2.75, 3.05) is 11.5 Å². The minimum absolute atomic E-state index is 0.127. The number of amides is 2. The van der Waals surface area contributed by atoms with Crippen LogP contribution in [0.2, 0.25) is 0 Å². The monoisotopic (exact) mass is 208 g/mol. The molecule has 2 amide bonds. The summed E-state index contributed by atoms with van der Waals surface area (Å²) in [6.07, 6.45) is -2.28. The van der Waals surface area contributed by atoms with Gasteiger partial charge in [-0.15, -0.1) is 0 Å². The van der Waals surface area contributed by atoms with Gasteiger partial charge in [-0.25, -0.2) is 9.59 Å². The second-order valence-corrected chi connectivity index (χ2v) is 2.58. The summed E-state index contributed by atoms with van der Waals surface area (Å²) in [5.41, 5.74) is 0.236. The Morgan fingerprint density at radius 2 is 2.07 bits per heavy atom. The molecule has 0 saturated heterocycles. The largest absolute Gasteiger partial charge is 0.464 e. The lowest BCUT2D eigenvalue weighted by atomic mass is 10.3. The zero-order chi connectivity index (χ0) is 11.3. The molecular formula is C10H10NO4. The van der Waals surface area contributed by atoms with E-state index < -0.39 is 12.2 Å². The summed E-state index contributed by atoms with van der Waals surface area (Å²) in [6.45, 7) is 1.73. The van der Waals surface area contributed by atoms with E-state index in [2.05, 4.69) is 10.8 Å². The van der Waals surface area contributed by atoms with Gasteiger partial charge in [0.25, 0.3) is 0 Å². The molecular weight excluding hydrogens is 198 g/mol. The van der Waals surface area contributed by atoms with E-state index in [1.165, 1.54) is 24.3 Å². The molecule has 0 fully saturated rings. The minimum atomic E-state index is -1.38. The van der Waals surface area contributed by atoms with Crippen molar-refractivity contribution < 1.29 is 19.4 Å². The predicted molar refractivity (Wildman–Crippen MR) is 52.8 cm³/mol. The second kappa shape index (κ2) is 4.99. The predicted octanol–water partition coefficient (Wildman–Crippen LogP) is 2.13. The van der Waals surface area contributed by atoms with E-state index in [0.717, 1.165) is 0 Å². The Balaban J connectivity index is 2.94. The Labute approximate surface area is 86.9 Å². The van der Waals surface area contributed by atoms with E-state index in [9.17, 15) is 9.59 Å². The molecule has 15 heavy (non-hydrogen) atoms. The molecule has 1 N–H and O–H groups in total. The Morgan fingerprint density at radius 3 is 2.53 bits per heavy atom. The number of ether oxygens (including phenoxy) is 1. The Bertz CT molecular complexity index is 350. The van der Waals surface area contributed by atoms with Crippen LogP contribution in [0, 0.1) is 6.07 Å². The summed E-state index contributed by atoms with van der Waals surface area (Å²) < 4.78 is 4.62. The van der Waals surface area contributed by atoms with Crippen molar-refractivity contribution in [3.63, 3.8) is 0 Å². The summed E-state index contributed by atoms with van der Waals surface area (Å²) in [7, 11) is 0. The van der Waals surface area contributed by atoms with Crippen molar-refractivity contribution in [3.05, 3.63) is 30.3 Å². The third-order valence-electron chi connectivity index (χ3n) is 1.60. The van der Waals surface area contributed by atoms with E-state index in [1.54, 1.807) is 6.92 Å². The number of carbonyl (C=O) groups excluding carboxylic acids is 1. The van der Waals surface area contributed by atoms with Crippen molar-refractivity contribution in [2.45, 2.75) is 6.92 Å². The van der Waals surface area contributed by atoms with Gasteiger partial charge in [0.1, 0.15) is 0 Å². The fraction of sp³-hybridized carbons (Fsp3) is 0.200. The van der Waals surface area contributed by atoms with Crippen molar-refractivity contribution >= 4 is 17.9 Å². The standard InChI is InChI=1S/C10H10NO4/c1-2-15-10(14)11(9(12)13)8-6-4-3-5-7-8/h4-7H,2H2,1H3,(H,12,13). The zero-order valence-corrected chi connectivity index (χ0v) is 8.14. The van der Waals surface area contributed by atoms with Crippen LogP contribution in [0.1, 0.15) is 6.92 Å². The van der Waals surface area contributed by atoms with E-state index in [0.29, 0.717) is 4.90 Å². The molecule has 1 aromatic rings. The molecule has 0 unspecified atom stereocenters. The molecule has 0 spiro atoms. The van der Waals surface area contributed by atoms with Crippen molar-refractivity contribution in [3.8, 4) is 0 Å². The van der Waals surface area contributed by atoms with Gasteiger partial charge in [-0.2, -0.15) is 4.90 Å². The molecule has 0 heterocycles. The first-order valence-corrected chi connectivity index (χ1v) is 4.32. The lowest BCUT2D eigenvalue weighted by Crippen LogP contribution is -2.36. The van der Waals surface area contributed by atoms with Gasteiger partial charge in [0.2, 0.25) is 0 Å². The number of hydrogen-bond acceptors (Lipinski definition) is 3. The smallest absolute Gasteiger partial charge is 0.423 e.